The minimum Gasteiger partial charge on any atom is -1.00 e. The van der Waals surface area contributed by atoms with Crippen LogP contribution in [0.5, 0.6) is 0 Å². The van der Waals surface area contributed by atoms with E-state index in [-0.39, 0.29) is 12.4 Å². The minimum atomic E-state index is 0. The SMILES string of the molecule is [Cl-].c1csc(-c2cnc3n2CCCC3)c1. The van der Waals surface area contributed by atoms with Gasteiger partial charge in [0.25, 0.3) is 0 Å². The summed E-state index contributed by atoms with van der Waals surface area (Å²) in [6.07, 6.45) is 5.75. The minimum absolute atomic E-state index is 0. The van der Waals surface area contributed by atoms with Gasteiger partial charge >= 0.3 is 0 Å². The molecule has 0 spiro atoms. The largest absolute Gasteiger partial charge is 1.00 e. The molecule has 15 heavy (non-hydrogen) atoms. The van der Waals surface area contributed by atoms with Crippen molar-refractivity contribution in [1.82, 2.24) is 9.55 Å². The van der Waals surface area contributed by atoms with Crippen LogP contribution >= 0.6 is 11.3 Å². The highest BCUT2D eigenvalue weighted by molar-refractivity contribution is 7.13. The predicted octanol–water partition coefficient (Wildman–Crippen LogP) is -0.0481. The van der Waals surface area contributed by atoms with Crippen molar-refractivity contribution >= 4 is 11.3 Å². The molecule has 3 rings (SSSR count). The van der Waals surface area contributed by atoms with Crippen LogP contribution in [0.15, 0.2) is 23.7 Å². The first-order valence-corrected chi connectivity index (χ1v) is 5.91. The van der Waals surface area contributed by atoms with Gasteiger partial charge in [-0.1, -0.05) is 6.07 Å². The summed E-state index contributed by atoms with van der Waals surface area (Å²) in [5.74, 6) is 1.26. The Labute approximate surface area is 99.4 Å². The molecule has 0 amide bonds. The lowest BCUT2D eigenvalue weighted by Gasteiger charge is -2.15. The quantitative estimate of drug-likeness (QED) is 0.683. The second kappa shape index (κ2) is 4.37. The Morgan fingerprint density at radius 3 is 3.07 bits per heavy atom. The van der Waals surface area contributed by atoms with Crippen LogP contribution < -0.4 is 12.4 Å². The summed E-state index contributed by atoms with van der Waals surface area (Å²) in [4.78, 5) is 5.82. The molecule has 0 saturated carbocycles. The van der Waals surface area contributed by atoms with Gasteiger partial charge in [-0.05, 0) is 24.3 Å². The summed E-state index contributed by atoms with van der Waals surface area (Å²) in [5, 5.41) is 2.12. The van der Waals surface area contributed by atoms with Gasteiger partial charge in [-0.25, -0.2) is 4.98 Å². The lowest BCUT2D eigenvalue weighted by molar-refractivity contribution is -0.00000283. The molecule has 3 heterocycles. The number of aryl methyl sites for hydroxylation is 1. The molecule has 0 N–H and O–H groups in total. The standard InChI is InChI=1S/C11H12N2S.ClH/c1-2-6-13-9(8-12-11(13)5-1)10-4-3-7-14-10;/h3-4,7-8H,1-2,5-6H2;1H/p-1. The Kier molecular flexibility index (Phi) is 3.12. The van der Waals surface area contributed by atoms with E-state index in [1.54, 1.807) is 11.3 Å². The molecule has 2 aromatic rings. The predicted molar refractivity (Wildman–Crippen MR) is 58.5 cm³/mol. The van der Waals surface area contributed by atoms with Crippen molar-refractivity contribution in [3.05, 3.63) is 29.5 Å². The molecule has 0 aromatic carbocycles. The Bertz CT molecular complexity index is 433. The van der Waals surface area contributed by atoms with Crippen LogP contribution in [-0.2, 0) is 13.0 Å². The van der Waals surface area contributed by atoms with E-state index in [0.29, 0.717) is 0 Å². The molecule has 0 radical (unpaired) electrons. The van der Waals surface area contributed by atoms with Crippen LogP contribution in [0.1, 0.15) is 18.7 Å². The van der Waals surface area contributed by atoms with E-state index in [1.807, 2.05) is 6.20 Å². The van der Waals surface area contributed by atoms with Gasteiger partial charge in [-0.2, -0.15) is 0 Å². The van der Waals surface area contributed by atoms with Gasteiger partial charge in [0.1, 0.15) is 5.82 Å². The zero-order valence-corrected chi connectivity index (χ0v) is 9.89. The van der Waals surface area contributed by atoms with Crippen molar-refractivity contribution in [3.63, 3.8) is 0 Å². The highest BCUT2D eigenvalue weighted by Gasteiger charge is 2.14. The molecule has 0 unspecified atom stereocenters. The smallest absolute Gasteiger partial charge is 0.109 e. The second-order valence-corrected chi connectivity index (χ2v) is 4.59. The first-order valence-electron chi connectivity index (χ1n) is 5.03. The van der Waals surface area contributed by atoms with E-state index in [2.05, 4.69) is 27.1 Å². The molecule has 0 aliphatic carbocycles. The Morgan fingerprint density at radius 2 is 2.27 bits per heavy atom. The van der Waals surface area contributed by atoms with Crippen LogP contribution in [0.2, 0.25) is 0 Å². The molecule has 0 bridgehead atoms. The van der Waals surface area contributed by atoms with E-state index >= 15 is 0 Å². The number of nitrogens with zero attached hydrogens (tertiary/aromatic N) is 2. The van der Waals surface area contributed by atoms with Crippen molar-refractivity contribution < 1.29 is 12.4 Å². The third-order valence-corrected chi connectivity index (χ3v) is 3.64. The lowest BCUT2D eigenvalue weighted by Crippen LogP contribution is -3.00. The van der Waals surface area contributed by atoms with Crippen molar-refractivity contribution in [3.8, 4) is 10.6 Å². The number of imidazole rings is 1. The number of thiophene rings is 1. The highest BCUT2D eigenvalue weighted by Crippen LogP contribution is 2.28. The van der Waals surface area contributed by atoms with Crippen LogP contribution in [0.4, 0.5) is 0 Å². The molecule has 1 aliphatic rings. The van der Waals surface area contributed by atoms with E-state index in [1.165, 1.54) is 29.2 Å². The maximum atomic E-state index is 4.48. The Morgan fingerprint density at radius 1 is 1.33 bits per heavy atom. The van der Waals surface area contributed by atoms with Crippen molar-refractivity contribution in [1.29, 1.82) is 0 Å². The van der Waals surface area contributed by atoms with E-state index in [9.17, 15) is 0 Å². The van der Waals surface area contributed by atoms with Gasteiger partial charge in [0.15, 0.2) is 0 Å². The van der Waals surface area contributed by atoms with Gasteiger partial charge in [-0.15, -0.1) is 11.3 Å². The Balaban J connectivity index is 0.000000853. The molecule has 2 nitrogen and oxygen atoms in total. The fourth-order valence-corrected chi connectivity index (χ4v) is 2.78. The first kappa shape index (κ1) is 10.7. The number of hydrogen-bond acceptors (Lipinski definition) is 2. The molecule has 80 valence electrons. The summed E-state index contributed by atoms with van der Waals surface area (Å²) in [7, 11) is 0. The fourth-order valence-electron chi connectivity index (χ4n) is 2.04. The molecule has 0 saturated heterocycles. The maximum Gasteiger partial charge on any atom is 0.109 e. The number of aromatic nitrogens is 2. The van der Waals surface area contributed by atoms with Gasteiger partial charge in [0.05, 0.1) is 16.8 Å². The highest BCUT2D eigenvalue weighted by atomic mass is 35.5. The van der Waals surface area contributed by atoms with Crippen molar-refractivity contribution in [2.75, 3.05) is 0 Å². The monoisotopic (exact) mass is 239 g/mol. The average molecular weight is 240 g/mol. The molecule has 0 fully saturated rings. The molecule has 1 aliphatic heterocycles. The number of halogens is 1. The number of hydrogen-bond donors (Lipinski definition) is 0. The average Bonchev–Trinajstić information content (AvgIpc) is 2.85. The van der Waals surface area contributed by atoms with Crippen LogP contribution in [0, 0.1) is 0 Å². The normalized spacial score (nSPS) is 14.4. The summed E-state index contributed by atoms with van der Waals surface area (Å²) < 4.78 is 2.37. The van der Waals surface area contributed by atoms with E-state index in [0.717, 1.165) is 13.0 Å². The van der Waals surface area contributed by atoms with Crippen LogP contribution in [0.3, 0.4) is 0 Å². The van der Waals surface area contributed by atoms with E-state index in [4.69, 9.17) is 0 Å². The van der Waals surface area contributed by atoms with Crippen molar-refractivity contribution in [2.24, 2.45) is 0 Å². The van der Waals surface area contributed by atoms with Gasteiger partial charge in [-0.3, -0.25) is 0 Å². The first-order chi connectivity index (χ1) is 6.95. The summed E-state index contributed by atoms with van der Waals surface area (Å²) >= 11 is 1.79. The Hall–Kier alpha value is -0.800. The zero-order valence-electron chi connectivity index (χ0n) is 8.32. The summed E-state index contributed by atoms with van der Waals surface area (Å²) in [6, 6.07) is 4.27. The third-order valence-electron chi connectivity index (χ3n) is 2.74. The third kappa shape index (κ3) is 1.82. The molecule has 0 atom stereocenters. The maximum absolute atomic E-state index is 4.48. The number of rotatable bonds is 1. The van der Waals surface area contributed by atoms with Gasteiger partial charge in [0, 0.05) is 13.0 Å². The van der Waals surface area contributed by atoms with Gasteiger partial charge in [0.2, 0.25) is 0 Å². The second-order valence-electron chi connectivity index (χ2n) is 3.65. The lowest BCUT2D eigenvalue weighted by atomic mass is 10.1. The summed E-state index contributed by atoms with van der Waals surface area (Å²) in [6.45, 7) is 1.14. The summed E-state index contributed by atoms with van der Waals surface area (Å²) in [5.41, 5.74) is 1.30. The van der Waals surface area contributed by atoms with E-state index < -0.39 is 0 Å². The fraction of sp³-hybridized carbons (Fsp3) is 0.364. The van der Waals surface area contributed by atoms with Crippen LogP contribution in [0.25, 0.3) is 10.6 Å². The number of fused-ring (bicyclic) bond motifs is 1. The van der Waals surface area contributed by atoms with Crippen LogP contribution in [-0.4, -0.2) is 9.55 Å². The topological polar surface area (TPSA) is 17.8 Å². The molecule has 4 heteroatoms. The molecular weight excluding hydrogens is 228 g/mol. The van der Waals surface area contributed by atoms with Crippen molar-refractivity contribution in [2.45, 2.75) is 25.8 Å². The molecule has 2 aromatic heterocycles. The molecular formula is C11H12ClN2S-. The van der Waals surface area contributed by atoms with Gasteiger partial charge < -0.3 is 17.0 Å². The zero-order chi connectivity index (χ0) is 9.38.